The molecule has 0 rings (SSSR count). The van der Waals surface area contributed by atoms with Crippen molar-refractivity contribution in [3.63, 3.8) is 0 Å². The van der Waals surface area contributed by atoms with Crippen LogP contribution >= 0.6 is 0 Å². The number of esters is 4. The van der Waals surface area contributed by atoms with Gasteiger partial charge in [-0.2, -0.15) is 0 Å². The third-order valence-electron chi connectivity index (χ3n) is 3.42. The van der Waals surface area contributed by atoms with Crippen LogP contribution in [0.5, 0.6) is 0 Å². The summed E-state index contributed by atoms with van der Waals surface area (Å²) in [6.07, 6.45) is 0. The molecular formula is C21H36O8. The van der Waals surface area contributed by atoms with Crippen LogP contribution in [0, 0.1) is 29.1 Å². The molecule has 0 spiro atoms. The maximum Gasteiger partial charge on any atom is 0.355 e. The van der Waals surface area contributed by atoms with E-state index in [9.17, 15) is 19.2 Å². The number of rotatable bonds is 12. The number of carbonyl (C=O) groups is 4. The monoisotopic (exact) mass is 416 g/mol. The molecule has 0 amide bonds. The van der Waals surface area contributed by atoms with Crippen molar-refractivity contribution in [2.45, 2.75) is 55.4 Å². The summed E-state index contributed by atoms with van der Waals surface area (Å²) in [5.74, 6) is -5.71. The predicted molar refractivity (Wildman–Crippen MR) is 106 cm³/mol. The minimum absolute atomic E-state index is 0.0818. The molecule has 0 unspecified atom stereocenters. The number of hydrogen-bond donors (Lipinski definition) is 0. The van der Waals surface area contributed by atoms with Crippen LogP contribution in [0.3, 0.4) is 0 Å². The van der Waals surface area contributed by atoms with Gasteiger partial charge in [-0.1, -0.05) is 55.4 Å². The lowest BCUT2D eigenvalue weighted by molar-refractivity contribution is -0.194. The molecule has 0 aromatic heterocycles. The van der Waals surface area contributed by atoms with Gasteiger partial charge in [0.2, 0.25) is 0 Å². The predicted octanol–water partition coefficient (Wildman–Crippen LogP) is 2.77. The van der Waals surface area contributed by atoms with Crippen molar-refractivity contribution in [1.82, 2.24) is 0 Å². The van der Waals surface area contributed by atoms with E-state index in [4.69, 9.17) is 18.9 Å². The number of ether oxygens (including phenoxy) is 4. The Bertz CT molecular complexity index is 462. The molecule has 0 aromatic rings. The molecule has 168 valence electrons. The Labute approximate surface area is 173 Å². The zero-order valence-electron chi connectivity index (χ0n) is 18.9. The smallest absolute Gasteiger partial charge is 0.355 e. The van der Waals surface area contributed by atoms with E-state index in [0.29, 0.717) is 0 Å². The molecule has 0 aromatic carbocycles. The fraction of sp³-hybridized carbons (Fsp3) is 0.810. The quantitative estimate of drug-likeness (QED) is 0.272. The Hall–Kier alpha value is -2.12. The normalized spacial score (nSPS) is 11.7. The molecule has 0 heterocycles. The van der Waals surface area contributed by atoms with Crippen LogP contribution in [0.2, 0.25) is 0 Å². The van der Waals surface area contributed by atoms with Crippen LogP contribution in [0.1, 0.15) is 55.4 Å². The molecule has 0 saturated carbocycles. The second-order valence-corrected chi connectivity index (χ2v) is 8.72. The van der Waals surface area contributed by atoms with Crippen molar-refractivity contribution in [2.75, 3.05) is 26.4 Å². The van der Waals surface area contributed by atoms with Gasteiger partial charge in [0.15, 0.2) is 0 Å². The van der Waals surface area contributed by atoms with E-state index in [-0.39, 0.29) is 50.1 Å². The topological polar surface area (TPSA) is 105 Å². The largest absolute Gasteiger partial charge is 0.464 e. The summed E-state index contributed by atoms with van der Waals surface area (Å²) >= 11 is 0. The van der Waals surface area contributed by atoms with Gasteiger partial charge in [-0.3, -0.25) is 0 Å². The van der Waals surface area contributed by atoms with Gasteiger partial charge in [0.1, 0.15) is 0 Å². The summed E-state index contributed by atoms with van der Waals surface area (Å²) in [6.45, 7) is 13.9. The molecule has 0 bridgehead atoms. The summed E-state index contributed by atoms with van der Waals surface area (Å²) in [5, 5.41) is 0. The van der Waals surface area contributed by atoms with Gasteiger partial charge < -0.3 is 18.9 Å². The maximum absolute atomic E-state index is 12.9. The van der Waals surface area contributed by atoms with Crippen molar-refractivity contribution in [3.8, 4) is 0 Å². The van der Waals surface area contributed by atoms with Gasteiger partial charge in [0, 0.05) is 0 Å². The van der Waals surface area contributed by atoms with E-state index in [0.717, 1.165) is 0 Å². The molecule has 0 atom stereocenters. The highest BCUT2D eigenvalue weighted by atomic mass is 16.6. The van der Waals surface area contributed by atoms with E-state index in [1.807, 2.05) is 0 Å². The van der Waals surface area contributed by atoms with E-state index in [1.54, 1.807) is 55.4 Å². The molecule has 8 nitrogen and oxygen atoms in total. The second kappa shape index (κ2) is 12.4. The van der Waals surface area contributed by atoms with Gasteiger partial charge >= 0.3 is 29.3 Å². The third kappa shape index (κ3) is 8.41. The first kappa shape index (κ1) is 26.9. The molecule has 8 heteroatoms. The number of hydrogen-bond acceptors (Lipinski definition) is 8. The zero-order chi connectivity index (χ0) is 22.8. The van der Waals surface area contributed by atoms with E-state index >= 15 is 0 Å². The Morgan fingerprint density at radius 2 is 0.655 bits per heavy atom. The molecule has 0 saturated heterocycles. The van der Waals surface area contributed by atoms with E-state index < -0.39 is 29.3 Å². The lowest BCUT2D eigenvalue weighted by Crippen LogP contribution is -2.56. The molecule has 0 aliphatic carbocycles. The summed E-state index contributed by atoms with van der Waals surface area (Å²) in [4.78, 5) is 51.6. The standard InChI is InChI=1S/C21H36O8/c1-13(2)9-26-17(22)21(18(23)27-10-14(3)4,19(24)28-11-15(5)6)20(25)29-12-16(7)8/h13-16H,9-12H2,1-8H3. The average molecular weight is 417 g/mol. The van der Waals surface area contributed by atoms with Crippen LogP contribution in [0.15, 0.2) is 0 Å². The Kier molecular flexibility index (Phi) is 11.5. The summed E-state index contributed by atoms with van der Waals surface area (Å²) in [5.41, 5.74) is -2.96. The Balaban J connectivity index is 6.12. The highest BCUT2D eigenvalue weighted by molar-refractivity contribution is 6.32. The SMILES string of the molecule is CC(C)COC(=O)C(C(=O)OCC(C)C)(C(=O)OCC(C)C)C(=O)OCC(C)C. The molecule has 0 aliphatic heterocycles. The van der Waals surface area contributed by atoms with Crippen molar-refractivity contribution in [1.29, 1.82) is 0 Å². The molecule has 0 radical (unpaired) electrons. The van der Waals surface area contributed by atoms with Crippen molar-refractivity contribution >= 4 is 23.9 Å². The van der Waals surface area contributed by atoms with Gasteiger partial charge in [0.05, 0.1) is 26.4 Å². The van der Waals surface area contributed by atoms with Gasteiger partial charge in [-0.25, -0.2) is 19.2 Å². The fourth-order valence-electron chi connectivity index (χ4n) is 1.90. The van der Waals surface area contributed by atoms with Crippen molar-refractivity contribution in [3.05, 3.63) is 0 Å². The number of carbonyl (C=O) groups excluding carboxylic acids is 4. The second-order valence-electron chi connectivity index (χ2n) is 8.72. The minimum Gasteiger partial charge on any atom is -0.464 e. The van der Waals surface area contributed by atoms with E-state index in [1.165, 1.54) is 0 Å². The fourth-order valence-corrected chi connectivity index (χ4v) is 1.90. The molecule has 0 aliphatic rings. The molecule has 0 fully saturated rings. The minimum atomic E-state index is -2.96. The van der Waals surface area contributed by atoms with Crippen LogP contribution in [0.4, 0.5) is 0 Å². The van der Waals surface area contributed by atoms with Crippen LogP contribution in [-0.4, -0.2) is 50.3 Å². The van der Waals surface area contributed by atoms with Crippen LogP contribution in [0.25, 0.3) is 0 Å². The lowest BCUT2D eigenvalue weighted by atomic mass is 9.87. The lowest BCUT2D eigenvalue weighted by Gasteiger charge is -2.27. The highest BCUT2D eigenvalue weighted by Crippen LogP contribution is 2.28. The first-order chi connectivity index (χ1) is 13.3. The highest BCUT2D eigenvalue weighted by Gasteiger charge is 2.66. The van der Waals surface area contributed by atoms with Crippen LogP contribution < -0.4 is 0 Å². The van der Waals surface area contributed by atoms with Gasteiger partial charge in [0.25, 0.3) is 0 Å². The zero-order valence-corrected chi connectivity index (χ0v) is 18.9. The van der Waals surface area contributed by atoms with Gasteiger partial charge in [-0.05, 0) is 23.7 Å². The molecule has 0 N–H and O–H groups in total. The average Bonchev–Trinajstić information content (AvgIpc) is 2.61. The molecule has 29 heavy (non-hydrogen) atoms. The Morgan fingerprint density at radius 3 is 0.793 bits per heavy atom. The third-order valence-corrected chi connectivity index (χ3v) is 3.42. The Morgan fingerprint density at radius 1 is 0.483 bits per heavy atom. The maximum atomic E-state index is 12.9. The van der Waals surface area contributed by atoms with Gasteiger partial charge in [-0.15, -0.1) is 0 Å². The molecular weight excluding hydrogens is 380 g/mol. The summed E-state index contributed by atoms with van der Waals surface area (Å²) in [6, 6.07) is 0. The van der Waals surface area contributed by atoms with Crippen molar-refractivity contribution in [2.24, 2.45) is 29.1 Å². The first-order valence-corrected chi connectivity index (χ1v) is 10.0. The summed E-state index contributed by atoms with van der Waals surface area (Å²) < 4.78 is 20.4. The van der Waals surface area contributed by atoms with Crippen molar-refractivity contribution < 1.29 is 38.1 Å². The first-order valence-electron chi connectivity index (χ1n) is 10.0. The van der Waals surface area contributed by atoms with Crippen LogP contribution in [-0.2, 0) is 38.1 Å². The van der Waals surface area contributed by atoms with E-state index in [2.05, 4.69) is 0 Å². The summed E-state index contributed by atoms with van der Waals surface area (Å²) in [7, 11) is 0.